The molecule has 2 aromatic carbocycles. The molecule has 1 N–H and O–H groups in total. The highest BCUT2D eigenvalue weighted by Crippen LogP contribution is 2.28. The number of hydrogen-bond donors (Lipinski definition) is 1. The summed E-state index contributed by atoms with van der Waals surface area (Å²) < 4.78 is 32.2. The van der Waals surface area contributed by atoms with Gasteiger partial charge in [-0.25, -0.2) is 8.42 Å². The van der Waals surface area contributed by atoms with E-state index >= 15 is 0 Å². The maximum absolute atomic E-state index is 12.8. The lowest BCUT2D eigenvalue weighted by Crippen LogP contribution is -2.31. The lowest BCUT2D eigenvalue weighted by atomic mass is 10.2. The minimum atomic E-state index is -3.74. The molecule has 0 saturated carbocycles. The van der Waals surface area contributed by atoms with Gasteiger partial charge in [-0.1, -0.05) is 32.0 Å². The maximum atomic E-state index is 12.8. The smallest absolute Gasteiger partial charge is 0.255 e. The molecular weight excluding hydrogens is 340 g/mol. The van der Waals surface area contributed by atoms with Crippen molar-refractivity contribution in [1.29, 1.82) is 0 Å². The average molecular weight is 362 g/mol. The fraction of sp³-hybridized carbons (Fsp3) is 0.278. The topological polar surface area (TPSA) is 75.7 Å². The summed E-state index contributed by atoms with van der Waals surface area (Å²) in [5.41, 5.74) is 0.881. The van der Waals surface area contributed by atoms with Gasteiger partial charge in [-0.05, 0) is 30.3 Å². The summed E-state index contributed by atoms with van der Waals surface area (Å²) in [4.78, 5) is 12.4. The lowest BCUT2D eigenvalue weighted by molar-refractivity contribution is 0.102. The predicted molar refractivity (Wildman–Crippen MR) is 97.5 cm³/mol. The van der Waals surface area contributed by atoms with Crippen LogP contribution in [-0.4, -0.2) is 38.8 Å². The molecule has 134 valence electrons. The van der Waals surface area contributed by atoms with Crippen molar-refractivity contribution >= 4 is 21.6 Å². The molecule has 6 nitrogen and oxygen atoms in total. The minimum absolute atomic E-state index is 0.0144. The fourth-order valence-electron chi connectivity index (χ4n) is 2.45. The van der Waals surface area contributed by atoms with Gasteiger partial charge in [0.2, 0.25) is 10.0 Å². The Bertz CT molecular complexity index is 831. The highest BCUT2D eigenvalue weighted by atomic mass is 32.2. The number of amides is 1. The minimum Gasteiger partial charge on any atom is -0.495 e. The van der Waals surface area contributed by atoms with Gasteiger partial charge in [-0.2, -0.15) is 4.31 Å². The van der Waals surface area contributed by atoms with Crippen LogP contribution in [0.25, 0.3) is 0 Å². The largest absolute Gasteiger partial charge is 0.495 e. The van der Waals surface area contributed by atoms with Gasteiger partial charge in [-0.3, -0.25) is 4.79 Å². The number of rotatable bonds is 7. The molecule has 2 aromatic rings. The molecule has 1 amide bonds. The van der Waals surface area contributed by atoms with Gasteiger partial charge in [0, 0.05) is 24.3 Å². The normalized spacial score (nSPS) is 11.4. The number of benzene rings is 2. The van der Waals surface area contributed by atoms with Gasteiger partial charge in [0.15, 0.2) is 0 Å². The van der Waals surface area contributed by atoms with E-state index in [4.69, 9.17) is 4.74 Å². The molecule has 0 radical (unpaired) electrons. The Balaban J connectivity index is 2.41. The van der Waals surface area contributed by atoms with E-state index in [0.717, 1.165) is 0 Å². The Morgan fingerprint density at radius 3 is 2.28 bits per heavy atom. The Morgan fingerprint density at radius 2 is 1.72 bits per heavy atom. The molecule has 0 aromatic heterocycles. The second-order valence-electron chi connectivity index (χ2n) is 5.28. The molecule has 0 bridgehead atoms. The van der Waals surface area contributed by atoms with E-state index in [9.17, 15) is 13.2 Å². The molecular formula is C18H22N2O4S. The van der Waals surface area contributed by atoms with Crippen LogP contribution in [0, 0.1) is 0 Å². The lowest BCUT2D eigenvalue weighted by Gasteiger charge is -2.20. The number of methoxy groups -OCH3 is 1. The van der Waals surface area contributed by atoms with E-state index in [-0.39, 0.29) is 22.1 Å². The molecule has 0 fully saturated rings. The number of ether oxygens (including phenoxy) is 1. The standard InChI is InChI=1S/C18H22N2O4S/c1-4-20(5-2)25(22,23)17-13-14(11-12-16(17)24-3)18(21)19-15-9-7-6-8-10-15/h6-13H,4-5H2,1-3H3,(H,19,21). The number of sulfonamides is 1. The van der Waals surface area contributed by atoms with E-state index in [1.54, 1.807) is 44.2 Å². The average Bonchev–Trinajstić information content (AvgIpc) is 2.62. The monoisotopic (exact) mass is 362 g/mol. The van der Waals surface area contributed by atoms with Crippen LogP contribution in [0.15, 0.2) is 53.4 Å². The molecule has 0 spiro atoms. The number of nitrogens with one attached hydrogen (secondary N) is 1. The molecule has 0 aliphatic rings. The molecule has 0 heterocycles. The van der Waals surface area contributed by atoms with Crippen molar-refractivity contribution in [3.63, 3.8) is 0 Å². The van der Waals surface area contributed by atoms with E-state index < -0.39 is 10.0 Å². The van der Waals surface area contributed by atoms with Gasteiger partial charge in [-0.15, -0.1) is 0 Å². The summed E-state index contributed by atoms with van der Waals surface area (Å²) in [7, 11) is -2.34. The zero-order valence-electron chi connectivity index (χ0n) is 14.5. The summed E-state index contributed by atoms with van der Waals surface area (Å²) in [6.07, 6.45) is 0. The van der Waals surface area contributed by atoms with Crippen molar-refractivity contribution in [2.45, 2.75) is 18.7 Å². The number of nitrogens with zero attached hydrogens (tertiary/aromatic N) is 1. The first-order valence-electron chi connectivity index (χ1n) is 7.98. The van der Waals surface area contributed by atoms with Crippen molar-refractivity contribution in [2.24, 2.45) is 0 Å². The number of carbonyl (C=O) groups is 1. The first-order chi connectivity index (χ1) is 11.9. The summed E-state index contributed by atoms with van der Waals surface area (Å²) in [5.74, 6) is -0.173. The van der Waals surface area contributed by atoms with Crippen LogP contribution < -0.4 is 10.1 Å². The first-order valence-corrected chi connectivity index (χ1v) is 9.42. The molecule has 25 heavy (non-hydrogen) atoms. The van der Waals surface area contributed by atoms with Gasteiger partial charge in [0.25, 0.3) is 5.91 Å². The van der Waals surface area contributed by atoms with Gasteiger partial charge < -0.3 is 10.1 Å². The maximum Gasteiger partial charge on any atom is 0.255 e. The molecule has 0 atom stereocenters. The third-order valence-electron chi connectivity index (χ3n) is 3.78. The quantitative estimate of drug-likeness (QED) is 0.822. The summed E-state index contributed by atoms with van der Waals surface area (Å²) in [6.45, 7) is 4.20. The second-order valence-corrected chi connectivity index (χ2v) is 7.18. The van der Waals surface area contributed by atoms with Gasteiger partial charge >= 0.3 is 0 Å². The van der Waals surface area contributed by atoms with Crippen molar-refractivity contribution < 1.29 is 17.9 Å². The number of carbonyl (C=O) groups excluding carboxylic acids is 1. The number of para-hydroxylation sites is 1. The van der Waals surface area contributed by atoms with Crippen LogP contribution in [0.2, 0.25) is 0 Å². The molecule has 0 unspecified atom stereocenters. The molecule has 0 saturated heterocycles. The molecule has 0 aliphatic heterocycles. The second kappa shape index (κ2) is 8.13. The van der Waals surface area contributed by atoms with Gasteiger partial charge in [0.05, 0.1) is 7.11 Å². The van der Waals surface area contributed by atoms with Crippen molar-refractivity contribution in [2.75, 3.05) is 25.5 Å². The number of anilines is 1. The summed E-state index contributed by atoms with van der Waals surface area (Å²) in [6, 6.07) is 13.4. The SMILES string of the molecule is CCN(CC)S(=O)(=O)c1cc(C(=O)Nc2ccccc2)ccc1OC. The molecule has 2 rings (SSSR count). The van der Waals surface area contributed by atoms with E-state index in [1.807, 2.05) is 6.07 Å². The van der Waals surface area contributed by atoms with Crippen LogP contribution in [0.3, 0.4) is 0 Å². The van der Waals surface area contributed by atoms with Crippen LogP contribution in [0.4, 0.5) is 5.69 Å². The Kier molecular flexibility index (Phi) is 6.17. The highest BCUT2D eigenvalue weighted by molar-refractivity contribution is 7.89. The third-order valence-corrected chi connectivity index (χ3v) is 5.85. The summed E-state index contributed by atoms with van der Waals surface area (Å²) in [5, 5.41) is 2.74. The van der Waals surface area contributed by atoms with Crippen LogP contribution in [0.1, 0.15) is 24.2 Å². The third kappa shape index (κ3) is 4.18. The Labute approximate surface area is 148 Å². The Hall–Kier alpha value is -2.38. The van der Waals surface area contributed by atoms with Crippen molar-refractivity contribution in [3.8, 4) is 5.75 Å². The highest BCUT2D eigenvalue weighted by Gasteiger charge is 2.26. The van der Waals surface area contributed by atoms with Crippen LogP contribution in [0.5, 0.6) is 5.75 Å². The zero-order chi connectivity index (χ0) is 18.4. The fourth-order valence-corrected chi connectivity index (χ4v) is 4.09. The van der Waals surface area contributed by atoms with E-state index in [0.29, 0.717) is 18.8 Å². The van der Waals surface area contributed by atoms with Gasteiger partial charge in [0.1, 0.15) is 10.6 Å². The van der Waals surface area contributed by atoms with Crippen LogP contribution >= 0.6 is 0 Å². The predicted octanol–water partition coefficient (Wildman–Crippen LogP) is 2.98. The van der Waals surface area contributed by atoms with E-state index in [2.05, 4.69) is 5.32 Å². The zero-order valence-corrected chi connectivity index (χ0v) is 15.3. The Morgan fingerprint density at radius 1 is 1.08 bits per heavy atom. The van der Waals surface area contributed by atoms with Crippen LogP contribution in [-0.2, 0) is 10.0 Å². The molecule has 0 aliphatic carbocycles. The van der Waals surface area contributed by atoms with Crippen molar-refractivity contribution in [1.82, 2.24) is 4.31 Å². The molecule has 7 heteroatoms. The van der Waals surface area contributed by atoms with E-state index in [1.165, 1.54) is 23.5 Å². The van der Waals surface area contributed by atoms with Crippen molar-refractivity contribution in [3.05, 3.63) is 54.1 Å². The number of hydrogen-bond acceptors (Lipinski definition) is 4. The summed E-state index contributed by atoms with van der Waals surface area (Å²) >= 11 is 0. The first kappa shape index (κ1) is 19.0.